The summed E-state index contributed by atoms with van der Waals surface area (Å²) in [5, 5.41) is 7.18. The summed E-state index contributed by atoms with van der Waals surface area (Å²) >= 11 is 5.87. The second-order valence-electron chi connectivity index (χ2n) is 5.40. The molecule has 0 aliphatic heterocycles. The van der Waals surface area contributed by atoms with Gasteiger partial charge >= 0.3 is 0 Å². The van der Waals surface area contributed by atoms with E-state index in [9.17, 15) is 0 Å². The Morgan fingerprint density at radius 3 is 2.68 bits per heavy atom. The molecule has 0 saturated heterocycles. The quantitative estimate of drug-likeness (QED) is 0.585. The standard InChI is InChI=1S/C18H23ClN4O2/c1-13(25-16-6-4-15(19)5-7-16)11-22-18(20-2)23-12-14-8-9-21-17(10-14)24-3/h4-10,13H,11-12H2,1-3H3,(H2,20,22,23). The number of methoxy groups -OCH3 is 1. The minimum absolute atomic E-state index is 0.0271. The predicted octanol–water partition coefficient (Wildman–Crippen LogP) is 2.88. The van der Waals surface area contributed by atoms with Gasteiger partial charge in [-0.15, -0.1) is 0 Å². The number of halogens is 1. The molecule has 134 valence electrons. The normalized spacial score (nSPS) is 12.4. The highest BCUT2D eigenvalue weighted by Crippen LogP contribution is 2.16. The van der Waals surface area contributed by atoms with E-state index >= 15 is 0 Å². The van der Waals surface area contributed by atoms with E-state index < -0.39 is 0 Å². The van der Waals surface area contributed by atoms with Crippen LogP contribution >= 0.6 is 11.6 Å². The lowest BCUT2D eigenvalue weighted by atomic mass is 10.2. The zero-order valence-electron chi connectivity index (χ0n) is 14.6. The summed E-state index contributed by atoms with van der Waals surface area (Å²) in [6, 6.07) is 11.1. The van der Waals surface area contributed by atoms with Crippen molar-refractivity contribution in [3.05, 3.63) is 53.2 Å². The van der Waals surface area contributed by atoms with E-state index in [4.69, 9.17) is 21.1 Å². The van der Waals surface area contributed by atoms with E-state index in [0.29, 0.717) is 30.0 Å². The van der Waals surface area contributed by atoms with E-state index in [1.807, 2.05) is 31.2 Å². The first-order valence-electron chi connectivity index (χ1n) is 7.96. The molecule has 0 spiro atoms. The first-order valence-corrected chi connectivity index (χ1v) is 8.34. The Kier molecular flexibility index (Phi) is 7.35. The van der Waals surface area contributed by atoms with Crippen LogP contribution in [0.15, 0.2) is 47.6 Å². The second-order valence-corrected chi connectivity index (χ2v) is 5.83. The fourth-order valence-corrected chi connectivity index (χ4v) is 2.23. The Morgan fingerprint density at radius 2 is 2.00 bits per heavy atom. The van der Waals surface area contributed by atoms with Gasteiger partial charge in [-0.2, -0.15) is 0 Å². The molecule has 0 saturated carbocycles. The number of hydrogen-bond donors (Lipinski definition) is 2. The third-order valence-corrected chi connectivity index (χ3v) is 3.65. The van der Waals surface area contributed by atoms with Gasteiger partial charge in [-0.3, -0.25) is 4.99 Å². The van der Waals surface area contributed by atoms with Gasteiger partial charge in [0.15, 0.2) is 5.96 Å². The summed E-state index contributed by atoms with van der Waals surface area (Å²) in [6.45, 7) is 3.22. The lowest BCUT2D eigenvalue weighted by Crippen LogP contribution is -2.41. The van der Waals surface area contributed by atoms with E-state index in [-0.39, 0.29) is 6.10 Å². The van der Waals surface area contributed by atoms with E-state index in [2.05, 4.69) is 20.6 Å². The smallest absolute Gasteiger partial charge is 0.213 e. The molecule has 0 radical (unpaired) electrons. The van der Waals surface area contributed by atoms with Crippen LogP contribution in [0.4, 0.5) is 0 Å². The van der Waals surface area contributed by atoms with Crippen molar-refractivity contribution in [2.24, 2.45) is 4.99 Å². The van der Waals surface area contributed by atoms with Crippen LogP contribution in [0.1, 0.15) is 12.5 Å². The highest BCUT2D eigenvalue weighted by molar-refractivity contribution is 6.30. The number of rotatable bonds is 7. The van der Waals surface area contributed by atoms with Crippen LogP contribution in [0.5, 0.6) is 11.6 Å². The summed E-state index contributed by atoms with van der Waals surface area (Å²) in [5.74, 6) is 2.07. The lowest BCUT2D eigenvalue weighted by Gasteiger charge is -2.18. The number of aromatic nitrogens is 1. The molecule has 0 fully saturated rings. The molecule has 2 N–H and O–H groups in total. The Labute approximate surface area is 153 Å². The second kappa shape index (κ2) is 9.74. The van der Waals surface area contributed by atoms with Crippen molar-refractivity contribution in [1.29, 1.82) is 0 Å². The van der Waals surface area contributed by atoms with Gasteiger partial charge in [0.05, 0.1) is 13.7 Å². The molecule has 1 aromatic carbocycles. The van der Waals surface area contributed by atoms with Gasteiger partial charge in [-0.1, -0.05) is 11.6 Å². The van der Waals surface area contributed by atoms with Crippen molar-refractivity contribution in [2.45, 2.75) is 19.6 Å². The van der Waals surface area contributed by atoms with Crippen LogP contribution in [-0.4, -0.2) is 37.7 Å². The zero-order valence-corrected chi connectivity index (χ0v) is 15.4. The van der Waals surface area contributed by atoms with Crippen LogP contribution in [0.3, 0.4) is 0 Å². The third kappa shape index (κ3) is 6.51. The Bertz CT molecular complexity index is 692. The van der Waals surface area contributed by atoms with Gasteiger partial charge in [0, 0.05) is 30.9 Å². The van der Waals surface area contributed by atoms with E-state index in [0.717, 1.165) is 11.3 Å². The molecule has 0 bridgehead atoms. The first-order chi connectivity index (χ1) is 12.1. The fourth-order valence-electron chi connectivity index (χ4n) is 2.11. The maximum Gasteiger partial charge on any atom is 0.213 e. The average molecular weight is 363 g/mol. The lowest BCUT2D eigenvalue weighted by molar-refractivity contribution is 0.224. The van der Waals surface area contributed by atoms with Crippen LogP contribution in [0.2, 0.25) is 5.02 Å². The van der Waals surface area contributed by atoms with Crippen LogP contribution in [0, 0.1) is 0 Å². The van der Waals surface area contributed by atoms with E-state index in [1.165, 1.54) is 0 Å². The Morgan fingerprint density at radius 1 is 1.24 bits per heavy atom. The molecule has 0 amide bonds. The highest BCUT2D eigenvalue weighted by atomic mass is 35.5. The van der Waals surface area contributed by atoms with Gasteiger partial charge in [-0.05, 0) is 42.8 Å². The van der Waals surface area contributed by atoms with Gasteiger partial charge in [-0.25, -0.2) is 4.98 Å². The van der Waals surface area contributed by atoms with E-state index in [1.54, 1.807) is 32.5 Å². The number of aliphatic imine (C=N–C) groups is 1. The number of nitrogens with one attached hydrogen (secondary N) is 2. The van der Waals surface area contributed by atoms with Crippen molar-refractivity contribution < 1.29 is 9.47 Å². The summed E-state index contributed by atoms with van der Waals surface area (Å²) in [5.41, 5.74) is 1.06. The van der Waals surface area contributed by atoms with Gasteiger partial charge in [0.2, 0.25) is 5.88 Å². The molecule has 25 heavy (non-hydrogen) atoms. The molecule has 1 aromatic heterocycles. The largest absolute Gasteiger partial charge is 0.489 e. The monoisotopic (exact) mass is 362 g/mol. The van der Waals surface area contributed by atoms with Crippen LogP contribution < -0.4 is 20.1 Å². The molecule has 2 rings (SSSR count). The zero-order chi connectivity index (χ0) is 18.1. The molecule has 2 aromatic rings. The molecule has 1 atom stereocenters. The molecular formula is C18H23ClN4O2. The van der Waals surface area contributed by atoms with Crippen LogP contribution in [-0.2, 0) is 6.54 Å². The Balaban J connectivity index is 1.78. The molecule has 1 heterocycles. The minimum atomic E-state index is -0.0271. The molecule has 0 aliphatic carbocycles. The topological polar surface area (TPSA) is 67.8 Å². The highest BCUT2D eigenvalue weighted by Gasteiger charge is 2.06. The van der Waals surface area contributed by atoms with Crippen LogP contribution in [0.25, 0.3) is 0 Å². The van der Waals surface area contributed by atoms with Crippen molar-refractivity contribution in [3.8, 4) is 11.6 Å². The number of pyridine rings is 1. The van der Waals surface area contributed by atoms with Gasteiger partial charge < -0.3 is 20.1 Å². The SMILES string of the molecule is CN=C(NCc1ccnc(OC)c1)NCC(C)Oc1ccc(Cl)cc1. The molecular weight excluding hydrogens is 340 g/mol. The van der Waals surface area contributed by atoms with Gasteiger partial charge in [0.25, 0.3) is 0 Å². The first kappa shape index (κ1) is 18.9. The van der Waals surface area contributed by atoms with Crippen molar-refractivity contribution in [3.63, 3.8) is 0 Å². The molecule has 6 nitrogen and oxygen atoms in total. The van der Waals surface area contributed by atoms with Crippen molar-refractivity contribution >= 4 is 17.6 Å². The third-order valence-electron chi connectivity index (χ3n) is 3.40. The summed E-state index contributed by atoms with van der Waals surface area (Å²) in [7, 11) is 3.33. The summed E-state index contributed by atoms with van der Waals surface area (Å²) < 4.78 is 10.9. The molecule has 1 unspecified atom stereocenters. The maximum absolute atomic E-state index is 5.87. The average Bonchev–Trinajstić information content (AvgIpc) is 2.64. The summed E-state index contributed by atoms with van der Waals surface area (Å²) in [6.07, 6.45) is 1.69. The van der Waals surface area contributed by atoms with Gasteiger partial charge in [0.1, 0.15) is 11.9 Å². The minimum Gasteiger partial charge on any atom is -0.489 e. The maximum atomic E-state index is 5.87. The van der Waals surface area contributed by atoms with Crippen molar-refractivity contribution in [1.82, 2.24) is 15.6 Å². The number of nitrogens with zero attached hydrogens (tertiary/aromatic N) is 2. The number of hydrogen-bond acceptors (Lipinski definition) is 4. The molecule has 7 heteroatoms. The summed E-state index contributed by atoms with van der Waals surface area (Å²) in [4.78, 5) is 8.30. The Hall–Kier alpha value is -2.47. The number of ether oxygens (including phenoxy) is 2. The fraction of sp³-hybridized carbons (Fsp3) is 0.333. The predicted molar refractivity (Wildman–Crippen MR) is 101 cm³/mol. The van der Waals surface area contributed by atoms with Crippen molar-refractivity contribution in [2.75, 3.05) is 20.7 Å². The number of benzene rings is 1. The number of guanidine groups is 1. The molecule has 0 aliphatic rings.